The van der Waals surface area contributed by atoms with E-state index in [0.29, 0.717) is 38.9 Å². The monoisotopic (exact) mass is 717 g/mol. The fraction of sp³-hybridized carbons (Fsp3) is 0.389. The lowest BCUT2D eigenvalue weighted by Gasteiger charge is -2.46. The Kier molecular flexibility index (Phi) is 9.88. The molecule has 0 aliphatic carbocycles. The van der Waals surface area contributed by atoms with E-state index in [-0.39, 0.29) is 52.3 Å². The van der Waals surface area contributed by atoms with Crippen LogP contribution in [0.15, 0.2) is 59.9 Å². The van der Waals surface area contributed by atoms with E-state index in [9.17, 15) is 27.9 Å². The van der Waals surface area contributed by atoms with Crippen LogP contribution >= 0.6 is 0 Å². The normalized spacial score (nSPS) is 20.0. The van der Waals surface area contributed by atoms with Crippen molar-refractivity contribution in [3.8, 4) is 28.4 Å². The number of nitrogens with one attached hydrogen (secondary N) is 1. The lowest BCUT2D eigenvalue weighted by atomic mass is 9.90. The molecular formula is C36H36F5N3O7. The van der Waals surface area contributed by atoms with Crippen molar-refractivity contribution >= 4 is 17.5 Å². The van der Waals surface area contributed by atoms with Crippen molar-refractivity contribution < 1.29 is 55.6 Å². The summed E-state index contributed by atoms with van der Waals surface area (Å²) in [4.78, 5) is 28.1. The lowest BCUT2D eigenvalue weighted by molar-refractivity contribution is -0.160. The average molecular weight is 718 g/mol. The number of aliphatic hydroxyl groups excluding tert-OH is 1. The van der Waals surface area contributed by atoms with Crippen molar-refractivity contribution in [3.63, 3.8) is 0 Å². The third-order valence-corrected chi connectivity index (χ3v) is 9.51. The van der Waals surface area contributed by atoms with E-state index in [0.717, 1.165) is 23.2 Å². The largest absolute Gasteiger partial charge is 0.509 e. The Morgan fingerprint density at radius 3 is 2.45 bits per heavy atom. The van der Waals surface area contributed by atoms with Gasteiger partial charge in [0.2, 0.25) is 5.82 Å². The van der Waals surface area contributed by atoms with Crippen molar-refractivity contribution in [2.75, 3.05) is 39.3 Å². The first-order chi connectivity index (χ1) is 24.3. The number of hydrogen-bond donors (Lipinski definition) is 2. The van der Waals surface area contributed by atoms with Crippen LogP contribution in [0, 0.1) is 11.6 Å². The van der Waals surface area contributed by atoms with Gasteiger partial charge in [-0.1, -0.05) is 18.2 Å². The van der Waals surface area contributed by atoms with E-state index >= 15 is 8.78 Å². The minimum atomic E-state index is -4.74. The van der Waals surface area contributed by atoms with E-state index in [1.165, 1.54) is 43.5 Å². The number of rotatable bonds is 9. The van der Waals surface area contributed by atoms with Crippen LogP contribution in [-0.2, 0) is 27.0 Å². The van der Waals surface area contributed by atoms with Crippen LogP contribution in [-0.4, -0.2) is 72.6 Å². The molecule has 3 aliphatic heterocycles. The minimum Gasteiger partial charge on any atom is -0.509 e. The van der Waals surface area contributed by atoms with Crippen molar-refractivity contribution in [2.24, 2.45) is 0 Å². The number of halogens is 5. The molecule has 0 unspecified atom stereocenters. The maximum absolute atomic E-state index is 15.5. The Hall–Kier alpha value is -4.89. The number of ether oxygens (including phenoxy) is 4. The number of anilines is 1. The second-order valence-electron chi connectivity index (χ2n) is 12.6. The molecule has 2 fully saturated rings. The van der Waals surface area contributed by atoms with Crippen LogP contribution in [0.4, 0.5) is 27.6 Å². The number of benzene rings is 3. The molecule has 6 rings (SSSR count). The fourth-order valence-corrected chi connectivity index (χ4v) is 6.80. The molecule has 0 saturated carbocycles. The molecule has 3 aromatic rings. The van der Waals surface area contributed by atoms with Crippen LogP contribution in [0.5, 0.6) is 17.2 Å². The lowest BCUT2D eigenvalue weighted by Crippen LogP contribution is -2.60. The van der Waals surface area contributed by atoms with Gasteiger partial charge in [0.1, 0.15) is 17.4 Å². The predicted octanol–water partition coefficient (Wildman–Crippen LogP) is 6.79. The van der Waals surface area contributed by atoms with E-state index in [4.69, 9.17) is 18.9 Å². The quantitative estimate of drug-likeness (QED) is 0.184. The zero-order valence-corrected chi connectivity index (χ0v) is 28.0. The molecule has 1 atom stereocenters. The second-order valence-corrected chi connectivity index (χ2v) is 12.6. The van der Waals surface area contributed by atoms with Crippen LogP contribution in [0.2, 0.25) is 0 Å². The number of alkyl halides is 3. The van der Waals surface area contributed by atoms with Gasteiger partial charge in [-0.2, -0.15) is 17.6 Å². The first-order valence-electron chi connectivity index (χ1n) is 16.3. The Balaban J connectivity index is 1.34. The topological polar surface area (TPSA) is 110 Å². The molecule has 272 valence electrons. The number of aliphatic hydroxyl groups is 1. The van der Waals surface area contributed by atoms with Gasteiger partial charge in [-0.25, -0.2) is 9.40 Å². The third-order valence-electron chi connectivity index (χ3n) is 9.51. The average Bonchev–Trinajstić information content (AvgIpc) is 3.52. The maximum atomic E-state index is 15.5. The first-order valence-corrected chi connectivity index (χ1v) is 16.3. The van der Waals surface area contributed by atoms with Crippen molar-refractivity contribution in [3.05, 3.63) is 82.6 Å². The molecule has 2 N–H and O–H groups in total. The molecule has 0 radical (unpaired) electrons. The number of amides is 2. The SMILES string of the molecule is COc1cccc(-c2cc(C(F)(F)F)ccc2NC(=O)C2=C(O)[C@@]3(C)CCCN3N(Cc3ccc(OC4CCOCC4)c(F)c3F)C2=O)c1OC. The number of methoxy groups -OCH3 is 2. The zero-order chi connectivity index (χ0) is 36.7. The molecule has 15 heteroatoms. The van der Waals surface area contributed by atoms with E-state index in [1.807, 2.05) is 0 Å². The summed E-state index contributed by atoms with van der Waals surface area (Å²) in [7, 11) is 2.66. The number of para-hydroxylation sites is 1. The van der Waals surface area contributed by atoms with Gasteiger partial charge in [0.15, 0.2) is 23.1 Å². The standard InChI is InChI=1S/C36H36F5N3O7/c1-35-14-5-15-44(35)43(19-20-8-11-26(30(38)29(20)37)51-22-12-16-50-17-13-22)34(47)28(32(35)45)33(46)42-25-10-9-21(36(39,40)41)18-24(25)23-6-4-7-27(48-2)31(23)49-3/h4,6-11,18,22,45H,5,12-17,19H2,1-3H3,(H,42,46)/t35-/m1/s1. The molecular weight excluding hydrogens is 681 g/mol. The van der Waals surface area contributed by atoms with Crippen molar-refractivity contribution in [1.82, 2.24) is 10.0 Å². The molecule has 0 bridgehead atoms. The van der Waals surface area contributed by atoms with Gasteiger partial charge < -0.3 is 29.4 Å². The first kappa shape index (κ1) is 35.9. The van der Waals surface area contributed by atoms with E-state index < -0.39 is 58.6 Å². The smallest absolute Gasteiger partial charge is 0.416 e. The summed E-state index contributed by atoms with van der Waals surface area (Å²) in [6.07, 6.45) is -3.26. The molecule has 51 heavy (non-hydrogen) atoms. The Morgan fingerprint density at radius 1 is 1.02 bits per heavy atom. The van der Waals surface area contributed by atoms with Gasteiger partial charge in [-0.05, 0) is 50.1 Å². The number of fused-ring (bicyclic) bond motifs is 1. The molecule has 10 nitrogen and oxygen atoms in total. The van der Waals surface area contributed by atoms with Gasteiger partial charge in [0.05, 0.1) is 45.1 Å². The summed E-state index contributed by atoms with van der Waals surface area (Å²) < 4.78 is 94.1. The number of nitrogens with zero attached hydrogens (tertiary/aromatic N) is 2. The summed E-state index contributed by atoms with van der Waals surface area (Å²) >= 11 is 0. The number of carbonyl (C=O) groups excluding carboxylic acids is 2. The van der Waals surface area contributed by atoms with Gasteiger partial charge in [0, 0.05) is 41.8 Å². The van der Waals surface area contributed by atoms with Crippen LogP contribution in [0.1, 0.15) is 43.7 Å². The van der Waals surface area contributed by atoms with Crippen LogP contribution < -0.4 is 19.5 Å². The van der Waals surface area contributed by atoms with Gasteiger partial charge in [0.25, 0.3) is 11.8 Å². The van der Waals surface area contributed by atoms with Gasteiger partial charge in [-0.15, -0.1) is 0 Å². The highest BCUT2D eigenvalue weighted by molar-refractivity contribution is 6.24. The Labute approximate surface area is 290 Å². The highest BCUT2D eigenvalue weighted by Crippen LogP contribution is 2.45. The molecule has 0 spiro atoms. The Morgan fingerprint density at radius 2 is 1.76 bits per heavy atom. The summed E-state index contributed by atoms with van der Waals surface area (Å²) in [5.74, 6) is -5.14. The van der Waals surface area contributed by atoms with Crippen LogP contribution in [0.25, 0.3) is 11.1 Å². The van der Waals surface area contributed by atoms with Crippen LogP contribution in [0.3, 0.4) is 0 Å². The highest BCUT2D eigenvalue weighted by atomic mass is 19.4. The predicted molar refractivity (Wildman–Crippen MR) is 174 cm³/mol. The molecule has 3 aromatic carbocycles. The van der Waals surface area contributed by atoms with Gasteiger partial charge >= 0.3 is 6.18 Å². The van der Waals surface area contributed by atoms with Crippen molar-refractivity contribution in [1.29, 1.82) is 0 Å². The maximum Gasteiger partial charge on any atom is 0.416 e. The number of hydrogen-bond acceptors (Lipinski definition) is 8. The van der Waals surface area contributed by atoms with E-state index in [1.54, 1.807) is 13.0 Å². The summed E-state index contributed by atoms with van der Waals surface area (Å²) in [6.45, 7) is 2.24. The highest BCUT2D eigenvalue weighted by Gasteiger charge is 2.53. The molecule has 2 amide bonds. The van der Waals surface area contributed by atoms with Crippen molar-refractivity contribution in [2.45, 2.75) is 57.0 Å². The molecule has 2 saturated heterocycles. The van der Waals surface area contributed by atoms with Gasteiger partial charge in [-0.3, -0.25) is 14.6 Å². The number of hydrazine groups is 1. The number of carbonyl (C=O) groups is 2. The second kappa shape index (κ2) is 14.0. The zero-order valence-electron chi connectivity index (χ0n) is 28.0. The minimum absolute atomic E-state index is 0.0874. The third kappa shape index (κ3) is 6.67. The fourth-order valence-electron chi connectivity index (χ4n) is 6.80. The summed E-state index contributed by atoms with van der Waals surface area (Å²) in [6, 6.07) is 9.74. The summed E-state index contributed by atoms with van der Waals surface area (Å²) in [5, 5.41) is 16.6. The Bertz CT molecular complexity index is 1880. The summed E-state index contributed by atoms with van der Waals surface area (Å²) in [5.41, 5.74) is -3.29. The molecule has 3 aliphatic rings. The molecule has 0 aromatic heterocycles. The van der Waals surface area contributed by atoms with E-state index in [2.05, 4.69) is 5.32 Å². The molecule has 3 heterocycles.